The predicted molar refractivity (Wildman–Crippen MR) is 40.2 cm³/mol. The van der Waals surface area contributed by atoms with Crippen molar-refractivity contribution >= 4 is 18.0 Å². The molecule has 0 atom stereocenters. The Hall–Kier alpha value is -0.640. The molecule has 0 bridgehead atoms. The Morgan fingerprint density at radius 1 is 1.89 bits per heavy atom. The van der Waals surface area contributed by atoms with E-state index in [1.807, 2.05) is 0 Å². The first-order valence-electron chi connectivity index (χ1n) is 2.51. The lowest BCUT2D eigenvalue weighted by Crippen LogP contribution is -2.27. The molecule has 0 saturated heterocycles. The molecule has 9 heavy (non-hydrogen) atoms. The fraction of sp³-hybridized carbons (Fsp3) is 0.400. The van der Waals surface area contributed by atoms with E-state index in [0.717, 1.165) is 5.75 Å². The molecule has 2 amide bonds. The van der Waals surface area contributed by atoms with Crippen LogP contribution in [-0.4, -0.2) is 18.8 Å². The van der Waals surface area contributed by atoms with Gasteiger partial charge in [-0.15, -0.1) is 6.58 Å². The number of carbonyl (C=O) groups excluding carboxylic acids is 1. The molecule has 0 unspecified atom stereocenters. The molecular formula is C5H10N2OS. The van der Waals surface area contributed by atoms with Gasteiger partial charge in [0.25, 0.3) is 0 Å². The van der Waals surface area contributed by atoms with E-state index in [2.05, 4.69) is 16.6 Å². The Balaban J connectivity index is 3.06. The number of hydrogen-bond acceptors (Lipinski definition) is 2. The summed E-state index contributed by atoms with van der Waals surface area (Å²) in [5.74, 6) is 0.730. The highest BCUT2D eigenvalue weighted by Crippen LogP contribution is 1.90. The number of rotatable bonds is 3. The van der Waals surface area contributed by atoms with Crippen molar-refractivity contribution < 1.29 is 4.79 Å². The van der Waals surface area contributed by atoms with E-state index in [1.54, 1.807) is 13.1 Å². The Morgan fingerprint density at radius 2 is 2.56 bits per heavy atom. The minimum Gasteiger partial charge on any atom is -0.341 e. The average molecular weight is 146 g/mol. The van der Waals surface area contributed by atoms with Gasteiger partial charge in [-0.3, -0.25) is 4.72 Å². The number of amides is 2. The summed E-state index contributed by atoms with van der Waals surface area (Å²) in [6.45, 7) is 3.49. The van der Waals surface area contributed by atoms with Gasteiger partial charge in [0.15, 0.2) is 0 Å². The van der Waals surface area contributed by atoms with Gasteiger partial charge in [-0.2, -0.15) is 0 Å². The SMILES string of the molecule is C=CCSNC(=O)NC. The summed E-state index contributed by atoms with van der Waals surface area (Å²) in [6, 6.07) is -0.179. The van der Waals surface area contributed by atoms with Crippen molar-refractivity contribution in [3.8, 4) is 0 Å². The van der Waals surface area contributed by atoms with Crippen LogP contribution in [0.1, 0.15) is 0 Å². The van der Waals surface area contributed by atoms with Gasteiger partial charge in [0.05, 0.1) is 0 Å². The van der Waals surface area contributed by atoms with Crippen LogP contribution in [0.4, 0.5) is 4.79 Å². The molecule has 0 heterocycles. The predicted octanol–water partition coefficient (Wildman–Crippen LogP) is 0.750. The molecule has 0 spiro atoms. The van der Waals surface area contributed by atoms with Crippen LogP contribution < -0.4 is 10.0 Å². The molecule has 0 aromatic carbocycles. The van der Waals surface area contributed by atoms with Crippen LogP contribution in [0.5, 0.6) is 0 Å². The van der Waals surface area contributed by atoms with E-state index in [0.29, 0.717) is 0 Å². The molecular weight excluding hydrogens is 136 g/mol. The van der Waals surface area contributed by atoms with E-state index < -0.39 is 0 Å². The minimum atomic E-state index is -0.179. The van der Waals surface area contributed by atoms with E-state index in [4.69, 9.17) is 0 Å². The van der Waals surface area contributed by atoms with Crippen LogP contribution in [0.15, 0.2) is 12.7 Å². The second kappa shape index (κ2) is 5.50. The van der Waals surface area contributed by atoms with E-state index in [1.165, 1.54) is 11.9 Å². The zero-order valence-corrected chi connectivity index (χ0v) is 6.12. The molecule has 2 N–H and O–H groups in total. The van der Waals surface area contributed by atoms with Crippen molar-refractivity contribution in [3.05, 3.63) is 12.7 Å². The fourth-order valence-corrected chi connectivity index (χ4v) is 0.652. The monoisotopic (exact) mass is 146 g/mol. The summed E-state index contributed by atoms with van der Waals surface area (Å²) in [4.78, 5) is 10.4. The van der Waals surface area contributed by atoms with E-state index in [9.17, 15) is 4.79 Å². The zero-order valence-electron chi connectivity index (χ0n) is 5.31. The van der Waals surface area contributed by atoms with Crippen molar-refractivity contribution in [2.24, 2.45) is 0 Å². The summed E-state index contributed by atoms with van der Waals surface area (Å²) in [6.07, 6.45) is 1.72. The van der Waals surface area contributed by atoms with E-state index >= 15 is 0 Å². The van der Waals surface area contributed by atoms with Crippen molar-refractivity contribution in [2.75, 3.05) is 12.8 Å². The molecule has 0 aromatic heterocycles. The van der Waals surface area contributed by atoms with Gasteiger partial charge in [-0.25, -0.2) is 4.79 Å². The molecule has 3 nitrogen and oxygen atoms in total. The van der Waals surface area contributed by atoms with Crippen LogP contribution in [-0.2, 0) is 0 Å². The highest BCUT2D eigenvalue weighted by Gasteiger charge is 1.90. The van der Waals surface area contributed by atoms with Gasteiger partial charge in [-0.1, -0.05) is 6.08 Å². The van der Waals surface area contributed by atoms with Gasteiger partial charge in [0.1, 0.15) is 0 Å². The number of hydrogen-bond donors (Lipinski definition) is 2. The lowest BCUT2D eigenvalue weighted by atomic mass is 10.8. The second-order valence-corrected chi connectivity index (χ2v) is 2.11. The molecule has 0 rings (SSSR count). The fourth-order valence-electron chi connectivity index (χ4n) is 0.217. The highest BCUT2D eigenvalue weighted by molar-refractivity contribution is 7.98. The summed E-state index contributed by atoms with van der Waals surface area (Å²) >= 11 is 1.31. The molecule has 0 aliphatic carbocycles. The first kappa shape index (κ1) is 8.36. The topological polar surface area (TPSA) is 41.1 Å². The second-order valence-electron chi connectivity index (χ2n) is 1.28. The zero-order chi connectivity index (χ0) is 7.11. The van der Waals surface area contributed by atoms with Crippen molar-refractivity contribution in [1.29, 1.82) is 0 Å². The van der Waals surface area contributed by atoms with Crippen molar-refractivity contribution in [1.82, 2.24) is 10.0 Å². The van der Waals surface area contributed by atoms with Gasteiger partial charge in [0.2, 0.25) is 0 Å². The molecule has 0 radical (unpaired) electrons. The van der Waals surface area contributed by atoms with Crippen LogP contribution >= 0.6 is 11.9 Å². The molecule has 52 valence electrons. The third-order valence-electron chi connectivity index (χ3n) is 0.593. The number of urea groups is 1. The first-order valence-corrected chi connectivity index (χ1v) is 3.50. The van der Waals surface area contributed by atoms with Gasteiger partial charge < -0.3 is 5.32 Å². The highest BCUT2D eigenvalue weighted by atomic mass is 32.2. The van der Waals surface area contributed by atoms with Gasteiger partial charge >= 0.3 is 6.03 Å². The number of nitrogens with one attached hydrogen (secondary N) is 2. The average Bonchev–Trinajstić information content (AvgIpc) is 1.89. The Bertz CT molecular complexity index is 105. The third kappa shape index (κ3) is 5.23. The molecule has 0 aromatic rings. The summed E-state index contributed by atoms with van der Waals surface area (Å²) in [5.41, 5.74) is 0. The molecule has 0 saturated carbocycles. The number of carbonyl (C=O) groups is 1. The maximum absolute atomic E-state index is 10.4. The van der Waals surface area contributed by atoms with Crippen LogP contribution in [0.25, 0.3) is 0 Å². The normalized spacial score (nSPS) is 8.11. The van der Waals surface area contributed by atoms with Crippen molar-refractivity contribution in [3.63, 3.8) is 0 Å². The van der Waals surface area contributed by atoms with Crippen molar-refractivity contribution in [2.45, 2.75) is 0 Å². The maximum atomic E-state index is 10.4. The smallest absolute Gasteiger partial charge is 0.324 e. The molecule has 0 aliphatic heterocycles. The largest absolute Gasteiger partial charge is 0.341 e. The summed E-state index contributed by atoms with van der Waals surface area (Å²) < 4.78 is 2.53. The third-order valence-corrected chi connectivity index (χ3v) is 1.33. The first-order chi connectivity index (χ1) is 4.31. The maximum Gasteiger partial charge on any atom is 0.324 e. The quantitative estimate of drug-likeness (QED) is 0.350. The molecule has 0 aliphatic rings. The van der Waals surface area contributed by atoms with Gasteiger partial charge in [0, 0.05) is 12.8 Å². The summed E-state index contributed by atoms with van der Waals surface area (Å²) in [5, 5.41) is 2.42. The Kier molecular flexibility index (Phi) is 5.11. The van der Waals surface area contributed by atoms with Crippen LogP contribution in [0, 0.1) is 0 Å². The standard InChI is InChI=1S/C5H10N2OS/c1-3-4-9-7-5(8)6-2/h3H,1,4H2,2H3,(H2,6,7,8). The van der Waals surface area contributed by atoms with Gasteiger partial charge in [-0.05, 0) is 11.9 Å². The summed E-state index contributed by atoms with van der Waals surface area (Å²) in [7, 11) is 1.57. The molecule has 0 fully saturated rings. The lowest BCUT2D eigenvalue weighted by molar-refractivity contribution is 0.248. The Morgan fingerprint density at radius 3 is 3.00 bits per heavy atom. The van der Waals surface area contributed by atoms with Crippen LogP contribution in [0.3, 0.4) is 0 Å². The van der Waals surface area contributed by atoms with E-state index in [-0.39, 0.29) is 6.03 Å². The molecule has 4 heteroatoms. The Labute approximate surface area is 59.0 Å². The van der Waals surface area contributed by atoms with Crippen LogP contribution in [0.2, 0.25) is 0 Å². The lowest BCUT2D eigenvalue weighted by Gasteiger charge is -1.98. The minimum absolute atomic E-state index is 0.179.